The molecule has 3 fully saturated rings. The van der Waals surface area contributed by atoms with Crippen LogP contribution >= 0.6 is 0 Å². The van der Waals surface area contributed by atoms with Crippen LogP contribution in [0.1, 0.15) is 57.3 Å². The Kier molecular flexibility index (Phi) is 6.40. The Hall–Kier alpha value is -3.27. The fraction of sp³-hybridized carbons (Fsp3) is 0.516. The van der Waals surface area contributed by atoms with E-state index < -0.39 is 0 Å². The highest BCUT2D eigenvalue weighted by atomic mass is 16.5. The first-order valence-electron chi connectivity index (χ1n) is 14.6. The minimum Gasteiger partial charge on any atom is -0.378 e. The van der Waals surface area contributed by atoms with Crippen molar-refractivity contribution in [1.82, 2.24) is 20.3 Å². The van der Waals surface area contributed by atoms with Crippen molar-refractivity contribution in [3.8, 4) is 0 Å². The Morgan fingerprint density at radius 2 is 1.85 bits per heavy atom. The van der Waals surface area contributed by atoms with Gasteiger partial charge in [-0.05, 0) is 76.1 Å². The van der Waals surface area contributed by atoms with Crippen LogP contribution in [0.5, 0.6) is 0 Å². The minimum atomic E-state index is -0.230. The Morgan fingerprint density at radius 1 is 1.02 bits per heavy atom. The number of nitrogens with one attached hydrogen (secondary N) is 2. The fourth-order valence-electron chi connectivity index (χ4n) is 6.67. The molecule has 0 saturated carbocycles. The Labute approximate surface area is 236 Å². The number of fused-ring (bicyclic) bond motifs is 3. The molecule has 0 radical (unpaired) electrons. The lowest BCUT2D eigenvalue weighted by atomic mass is 9.73. The van der Waals surface area contributed by atoms with Crippen molar-refractivity contribution >= 4 is 29.0 Å². The number of ether oxygens (including phenoxy) is 2. The molecule has 6 heterocycles. The second kappa shape index (κ2) is 9.98. The van der Waals surface area contributed by atoms with Crippen molar-refractivity contribution in [3.05, 3.63) is 59.9 Å². The highest BCUT2D eigenvalue weighted by Crippen LogP contribution is 2.53. The van der Waals surface area contributed by atoms with Gasteiger partial charge in [0, 0.05) is 47.7 Å². The molecule has 3 atom stereocenters. The summed E-state index contributed by atoms with van der Waals surface area (Å²) in [7, 11) is 0. The summed E-state index contributed by atoms with van der Waals surface area (Å²) >= 11 is 0. The van der Waals surface area contributed by atoms with Gasteiger partial charge in [0.25, 0.3) is 0 Å². The van der Waals surface area contributed by atoms with Crippen molar-refractivity contribution < 1.29 is 9.47 Å². The van der Waals surface area contributed by atoms with Crippen LogP contribution in [0.25, 0.3) is 0 Å². The molecule has 1 aromatic carbocycles. The molecule has 0 bridgehead atoms. The molecule has 3 aromatic rings. The first-order valence-corrected chi connectivity index (χ1v) is 14.6. The van der Waals surface area contributed by atoms with Crippen molar-refractivity contribution in [2.75, 3.05) is 54.6 Å². The van der Waals surface area contributed by atoms with E-state index in [1.165, 1.54) is 12.1 Å². The van der Waals surface area contributed by atoms with Gasteiger partial charge in [0.2, 0.25) is 5.95 Å². The van der Waals surface area contributed by atoms with Gasteiger partial charge < -0.3 is 29.9 Å². The van der Waals surface area contributed by atoms with Gasteiger partial charge in [0.15, 0.2) is 0 Å². The fourth-order valence-corrected chi connectivity index (χ4v) is 6.67. The van der Waals surface area contributed by atoms with Crippen LogP contribution in [0.3, 0.4) is 0 Å². The number of hydrogen-bond acceptors (Lipinski definition) is 9. The molecule has 2 aromatic heterocycles. The van der Waals surface area contributed by atoms with Crippen molar-refractivity contribution in [2.45, 2.75) is 63.1 Å². The molecule has 0 aliphatic carbocycles. The monoisotopic (exact) mass is 541 g/mol. The van der Waals surface area contributed by atoms with E-state index >= 15 is 0 Å². The maximum Gasteiger partial charge on any atom is 0.229 e. The molecule has 210 valence electrons. The van der Waals surface area contributed by atoms with Gasteiger partial charge in [0.1, 0.15) is 11.6 Å². The highest BCUT2D eigenvalue weighted by Gasteiger charge is 2.55. The third kappa shape index (κ3) is 4.60. The molecular formula is C31H39N7O2. The molecular weight excluding hydrogens is 502 g/mol. The third-order valence-electron chi connectivity index (χ3n) is 9.03. The topological polar surface area (TPSA) is 87.7 Å². The van der Waals surface area contributed by atoms with Crippen molar-refractivity contribution in [1.29, 1.82) is 0 Å². The Bertz CT molecular complexity index is 1370. The molecule has 3 saturated heterocycles. The lowest BCUT2D eigenvalue weighted by Crippen LogP contribution is -2.54. The molecule has 9 nitrogen and oxygen atoms in total. The lowest BCUT2D eigenvalue weighted by Gasteiger charge is -2.46. The van der Waals surface area contributed by atoms with Crippen LogP contribution < -0.4 is 20.4 Å². The maximum atomic E-state index is 6.38. The smallest absolute Gasteiger partial charge is 0.229 e. The van der Waals surface area contributed by atoms with E-state index in [-0.39, 0.29) is 17.1 Å². The first-order chi connectivity index (χ1) is 19.4. The molecule has 0 unspecified atom stereocenters. The zero-order chi connectivity index (χ0) is 27.3. The second-order valence-corrected chi connectivity index (χ2v) is 12.3. The molecule has 40 heavy (non-hydrogen) atoms. The number of benzene rings is 1. The number of anilines is 5. The highest BCUT2D eigenvalue weighted by molar-refractivity contribution is 5.71. The van der Waals surface area contributed by atoms with E-state index in [0.29, 0.717) is 18.6 Å². The Morgan fingerprint density at radius 3 is 2.62 bits per heavy atom. The number of rotatable bonds is 5. The minimum absolute atomic E-state index is 0.169. The van der Waals surface area contributed by atoms with Crippen molar-refractivity contribution in [3.63, 3.8) is 0 Å². The van der Waals surface area contributed by atoms with Gasteiger partial charge in [-0.3, -0.25) is 0 Å². The Balaban J connectivity index is 1.22. The number of pyridine rings is 1. The standard InChI is InChI=1S/C31H39N7O2/c1-30(2)18-26-31(3,20-40-30)23-19-33-29(34-21-9-11-22(12-10-21)37-14-16-39-17-15-37)36-28(23)38(26)27-8-4-6-25(35-27)24-7-5-13-32-24/h4,6,8-12,19,24,26,32H,5,7,13-18,20H2,1-3H3,(H,33,34,36)/t24-,26-,31-/m0/s1. The predicted molar refractivity (Wildman–Crippen MR) is 157 cm³/mol. The summed E-state index contributed by atoms with van der Waals surface area (Å²) in [5, 5.41) is 7.05. The van der Waals surface area contributed by atoms with E-state index in [2.05, 4.69) is 83.7 Å². The van der Waals surface area contributed by atoms with E-state index in [1.807, 2.05) is 6.20 Å². The molecule has 7 rings (SSSR count). The van der Waals surface area contributed by atoms with Gasteiger partial charge >= 0.3 is 0 Å². The molecule has 0 spiro atoms. The normalized spacial score (nSPS) is 27.4. The first kappa shape index (κ1) is 25.7. The van der Waals surface area contributed by atoms with Crippen LogP contribution in [-0.2, 0) is 14.9 Å². The summed E-state index contributed by atoms with van der Waals surface area (Å²) in [6, 6.07) is 15.4. The summed E-state index contributed by atoms with van der Waals surface area (Å²) in [5.41, 5.74) is 3.93. The number of nitrogens with zero attached hydrogens (tertiary/aromatic N) is 5. The molecule has 0 amide bonds. The molecule has 2 N–H and O–H groups in total. The van der Waals surface area contributed by atoms with Crippen molar-refractivity contribution in [2.24, 2.45) is 0 Å². The second-order valence-electron chi connectivity index (χ2n) is 12.3. The van der Waals surface area contributed by atoms with Gasteiger partial charge in [0.05, 0.1) is 37.2 Å². The van der Waals surface area contributed by atoms with Gasteiger partial charge in [-0.1, -0.05) is 13.0 Å². The number of aromatic nitrogens is 3. The molecule has 9 heteroatoms. The summed E-state index contributed by atoms with van der Waals surface area (Å²) in [5.74, 6) is 2.44. The van der Waals surface area contributed by atoms with Gasteiger partial charge in [-0.25, -0.2) is 9.97 Å². The summed E-state index contributed by atoms with van der Waals surface area (Å²) < 4.78 is 11.9. The third-order valence-corrected chi connectivity index (χ3v) is 9.03. The van der Waals surface area contributed by atoms with Crippen LogP contribution in [0.15, 0.2) is 48.7 Å². The van der Waals surface area contributed by atoms with Crippen LogP contribution in [0.4, 0.5) is 29.0 Å². The van der Waals surface area contributed by atoms with Gasteiger partial charge in [-0.15, -0.1) is 0 Å². The largest absolute Gasteiger partial charge is 0.378 e. The van der Waals surface area contributed by atoms with E-state index in [1.54, 1.807) is 0 Å². The quantitative estimate of drug-likeness (QED) is 0.471. The zero-order valence-corrected chi connectivity index (χ0v) is 23.7. The summed E-state index contributed by atoms with van der Waals surface area (Å²) in [6.07, 6.45) is 5.17. The number of morpholine rings is 1. The summed E-state index contributed by atoms with van der Waals surface area (Å²) in [6.45, 7) is 11.7. The lowest BCUT2D eigenvalue weighted by molar-refractivity contribution is -0.0893. The SMILES string of the molecule is CC1(C)C[C@@H]2N(c3cccc([C@@H]4CCCN4)n3)c3nc(Nc4ccc(N5CCOCC5)cc4)ncc3[C@]2(C)CO1. The van der Waals surface area contributed by atoms with Crippen LogP contribution in [0.2, 0.25) is 0 Å². The average molecular weight is 542 g/mol. The number of hydrogen-bond donors (Lipinski definition) is 2. The zero-order valence-electron chi connectivity index (χ0n) is 23.7. The maximum absolute atomic E-state index is 6.38. The predicted octanol–water partition coefficient (Wildman–Crippen LogP) is 4.85. The van der Waals surface area contributed by atoms with E-state index in [4.69, 9.17) is 24.4 Å². The van der Waals surface area contributed by atoms with E-state index in [9.17, 15) is 0 Å². The van der Waals surface area contributed by atoms with E-state index in [0.717, 1.165) is 74.3 Å². The average Bonchev–Trinajstić information content (AvgIpc) is 3.59. The van der Waals surface area contributed by atoms with Gasteiger partial charge in [-0.2, -0.15) is 4.98 Å². The summed E-state index contributed by atoms with van der Waals surface area (Å²) in [4.78, 5) is 19.8. The van der Waals surface area contributed by atoms with Crippen LogP contribution in [0, 0.1) is 0 Å². The molecule has 4 aliphatic rings. The van der Waals surface area contributed by atoms with Crippen LogP contribution in [-0.4, -0.2) is 66.0 Å². The molecule has 4 aliphatic heterocycles.